The Kier molecular flexibility index (Phi) is 1.96. The first-order chi connectivity index (χ1) is 5.84. The average Bonchev–Trinajstić information content (AvgIpc) is 2.63. The summed E-state index contributed by atoms with van der Waals surface area (Å²) in [5.41, 5.74) is 1.11. The second kappa shape index (κ2) is 3.11. The molecule has 0 saturated carbocycles. The van der Waals surface area contributed by atoms with E-state index in [-0.39, 0.29) is 0 Å². The number of aryl methyl sites for hydroxylation is 1. The van der Waals surface area contributed by atoms with Crippen LogP contribution in [-0.2, 0) is 6.54 Å². The van der Waals surface area contributed by atoms with Gasteiger partial charge in [0.1, 0.15) is 5.01 Å². The minimum Gasteiger partial charge on any atom is -0.347 e. The van der Waals surface area contributed by atoms with E-state index in [2.05, 4.69) is 27.3 Å². The van der Waals surface area contributed by atoms with Gasteiger partial charge in [0.2, 0.25) is 0 Å². The second-order valence-electron chi connectivity index (χ2n) is 2.74. The lowest BCUT2D eigenvalue weighted by Crippen LogP contribution is -1.94. The van der Waals surface area contributed by atoms with Crippen LogP contribution < -0.4 is 0 Å². The zero-order valence-corrected chi connectivity index (χ0v) is 7.71. The molecule has 0 N–H and O–H groups in total. The molecule has 2 aromatic rings. The fourth-order valence-corrected chi connectivity index (χ4v) is 1.89. The molecule has 0 aromatic carbocycles. The summed E-state index contributed by atoms with van der Waals surface area (Å²) in [5.74, 6) is 0. The lowest BCUT2D eigenvalue weighted by atomic mass is 10.6. The lowest BCUT2D eigenvalue weighted by Gasteiger charge is -1.96. The number of hydrogen-bond acceptors (Lipinski definition) is 2. The van der Waals surface area contributed by atoms with E-state index in [1.165, 1.54) is 5.01 Å². The maximum Gasteiger partial charge on any atom is 0.113 e. The summed E-state index contributed by atoms with van der Waals surface area (Å²) < 4.78 is 2.12. The monoisotopic (exact) mass is 178 g/mol. The highest BCUT2D eigenvalue weighted by atomic mass is 32.1. The topological polar surface area (TPSA) is 17.8 Å². The van der Waals surface area contributed by atoms with Crippen LogP contribution in [0.3, 0.4) is 0 Å². The summed E-state index contributed by atoms with van der Waals surface area (Å²) in [6, 6.07) is 4.06. The molecule has 2 rings (SSSR count). The molecule has 2 aromatic heterocycles. The Labute approximate surface area is 75.5 Å². The van der Waals surface area contributed by atoms with Gasteiger partial charge in [-0.2, -0.15) is 0 Å². The van der Waals surface area contributed by atoms with Gasteiger partial charge < -0.3 is 4.57 Å². The van der Waals surface area contributed by atoms with Crippen molar-refractivity contribution < 1.29 is 0 Å². The summed E-state index contributed by atoms with van der Waals surface area (Å²) in [6.07, 6.45) is 4.10. The maximum atomic E-state index is 4.38. The van der Waals surface area contributed by atoms with Crippen molar-refractivity contribution >= 4 is 11.3 Å². The molecule has 0 spiro atoms. The Morgan fingerprint density at radius 3 is 2.75 bits per heavy atom. The van der Waals surface area contributed by atoms with E-state index in [4.69, 9.17) is 0 Å². The normalized spacial score (nSPS) is 10.4. The van der Waals surface area contributed by atoms with Crippen LogP contribution >= 0.6 is 11.3 Å². The molecule has 0 aliphatic carbocycles. The van der Waals surface area contributed by atoms with Gasteiger partial charge in [-0.15, -0.1) is 11.3 Å². The van der Waals surface area contributed by atoms with Crippen molar-refractivity contribution in [3.8, 4) is 0 Å². The molecule has 0 amide bonds. The van der Waals surface area contributed by atoms with Crippen molar-refractivity contribution in [2.24, 2.45) is 0 Å². The molecule has 12 heavy (non-hydrogen) atoms. The second-order valence-corrected chi connectivity index (χ2v) is 3.68. The molecule has 0 radical (unpaired) electrons. The van der Waals surface area contributed by atoms with Gasteiger partial charge in [0.05, 0.1) is 6.54 Å². The molecule has 0 atom stereocenters. The third-order valence-corrected chi connectivity index (χ3v) is 2.60. The van der Waals surface area contributed by atoms with Crippen LogP contribution in [0.2, 0.25) is 0 Å². The highest BCUT2D eigenvalue weighted by Gasteiger charge is 1.97. The van der Waals surface area contributed by atoms with Gasteiger partial charge >= 0.3 is 0 Å². The molecule has 2 nitrogen and oxygen atoms in total. The molecule has 0 aliphatic heterocycles. The minimum absolute atomic E-state index is 0.894. The third kappa shape index (κ3) is 1.56. The van der Waals surface area contributed by atoms with Crippen molar-refractivity contribution in [2.45, 2.75) is 13.5 Å². The van der Waals surface area contributed by atoms with Gasteiger partial charge in [0.25, 0.3) is 0 Å². The summed E-state index contributed by atoms with van der Waals surface area (Å²) in [7, 11) is 0. The first-order valence-electron chi connectivity index (χ1n) is 3.86. The smallest absolute Gasteiger partial charge is 0.113 e. The van der Waals surface area contributed by atoms with Crippen LogP contribution in [0.4, 0.5) is 0 Å². The van der Waals surface area contributed by atoms with Crippen LogP contribution in [-0.4, -0.2) is 9.55 Å². The minimum atomic E-state index is 0.894. The highest BCUT2D eigenvalue weighted by molar-refractivity contribution is 7.09. The molecule has 0 saturated heterocycles. The SMILES string of the molecule is Cc1csc(Cn2cccc2)n1. The molecule has 0 fully saturated rings. The Morgan fingerprint density at radius 2 is 2.17 bits per heavy atom. The summed E-state index contributed by atoms with van der Waals surface area (Å²) >= 11 is 1.72. The van der Waals surface area contributed by atoms with Crippen LogP contribution in [0.25, 0.3) is 0 Å². The summed E-state index contributed by atoms with van der Waals surface area (Å²) in [5, 5.41) is 3.25. The Balaban J connectivity index is 2.14. The zero-order chi connectivity index (χ0) is 8.39. The number of hydrogen-bond donors (Lipinski definition) is 0. The number of nitrogens with zero attached hydrogens (tertiary/aromatic N) is 2. The van der Waals surface area contributed by atoms with Crippen LogP contribution in [0.5, 0.6) is 0 Å². The highest BCUT2D eigenvalue weighted by Crippen LogP contribution is 2.10. The summed E-state index contributed by atoms with van der Waals surface area (Å²) in [6.45, 7) is 2.92. The largest absolute Gasteiger partial charge is 0.347 e. The van der Waals surface area contributed by atoms with E-state index >= 15 is 0 Å². The third-order valence-electron chi connectivity index (χ3n) is 1.65. The van der Waals surface area contributed by atoms with Gasteiger partial charge in [-0.25, -0.2) is 4.98 Å². The Bertz CT molecular complexity index is 348. The van der Waals surface area contributed by atoms with E-state index in [0.29, 0.717) is 0 Å². The molecule has 0 aliphatic rings. The zero-order valence-electron chi connectivity index (χ0n) is 6.90. The van der Waals surface area contributed by atoms with Gasteiger partial charge in [-0.05, 0) is 19.1 Å². The lowest BCUT2D eigenvalue weighted by molar-refractivity contribution is 0.796. The number of rotatable bonds is 2. The molecular formula is C9H10N2S. The Hall–Kier alpha value is -1.09. The van der Waals surface area contributed by atoms with Crippen LogP contribution in [0.15, 0.2) is 29.9 Å². The summed E-state index contributed by atoms with van der Waals surface area (Å²) in [4.78, 5) is 4.38. The van der Waals surface area contributed by atoms with E-state index < -0.39 is 0 Å². The van der Waals surface area contributed by atoms with Gasteiger partial charge in [-0.1, -0.05) is 0 Å². The van der Waals surface area contributed by atoms with Crippen LogP contribution in [0, 0.1) is 6.92 Å². The number of aromatic nitrogens is 2. The molecule has 0 bridgehead atoms. The predicted octanol–water partition coefficient (Wildman–Crippen LogP) is 2.30. The quantitative estimate of drug-likeness (QED) is 0.690. The fraction of sp³-hybridized carbons (Fsp3) is 0.222. The maximum absolute atomic E-state index is 4.38. The van der Waals surface area contributed by atoms with Crippen molar-refractivity contribution in [2.75, 3.05) is 0 Å². The molecule has 3 heteroatoms. The van der Waals surface area contributed by atoms with Crippen molar-refractivity contribution in [3.05, 3.63) is 40.6 Å². The molecular weight excluding hydrogens is 168 g/mol. The Morgan fingerprint density at radius 1 is 1.42 bits per heavy atom. The van der Waals surface area contributed by atoms with Gasteiger partial charge in [-0.3, -0.25) is 0 Å². The van der Waals surface area contributed by atoms with Crippen molar-refractivity contribution in [1.82, 2.24) is 9.55 Å². The first-order valence-corrected chi connectivity index (χ1v) is 4.74. The van der Waals surface area contributed by atoms with Crippen molar-refractivity contribution in [1.29, 1.82) is 0 Å². The molecule has 2 heterocycles. The van der Waals surface area contributed by atoms with Crippen molar-refractivity contribution in [3.63, 3.8) is 0 Å². The van der Waals surface area contributed by atoms with Gasteiger partial charge in [0.15, 0.2) is 0 Å². The standard InChI is InChI=1S/C9H10N2S/c1-8-7-12-9(10-8)6-11-4-2-3-5-11/h2-5,7H,6H2,1H3. The fourth-order valence-electron chi connectivity index (χ4n) is 1.11. The number of thiazole rings is 1. The predicted molar refractivity (Wildman–Crippen MR) is 50.4 cm³/mol. The van der Waals surface area contributed by atoms with Crippen LogP contribution in [0.1, 0.15) is 10.7 Å². The first kappa shape index (κ1) is 7.55. The van der Waals surface area contributed by atoms with E-state index in [1.807, 2.05) is 19.1 Å². The average molecular weight is 178 g/mol. The van der Waals surface area contributed by atoms with E-state index in [9.17, 15) is 0 Å². The van der Waals surface area contributed by atoms with Gasteiger partial charge in [0, 0.05) is 23.5 Å². The van der Waals surface area contributed by atoms with E-state index in [0.717, 1.165) is 12.2 Å². The van der Waals surface area contributed by atoms with E-state index in [1.54, 1.807) is 11.3 Å². The molecule has 62 valence electrons. The molecule has 0 unspecified atom stereocenters.